The van der Waals surface area contributed by atoms with Gasteiger partial charge in [0.05, 0.1) is 24.4 Å². The van der Waals surface area contributed by atoms with Gasteiger partial charge >= 0.3 is 12.0 Å². The zero-order valence-electron chi connectivity index (χ0n) is 18.2. The van der Waals surface area contributed by atoms with Crippen molar-refractivity contribution in [2.24, 2.45) is 10.5 Å². The lowest BCUT2D eigenvalue weighted by molar-refractivity contribution is -0.161. The Labute approximate surface area is 188 Å². The van der Waals surface area contributed by atoms with Gasteiger partial charge in [-0.05, 0) is 44.0 Å². The molecule has 1 aromatic carbocycles. The average Bonchev–Trinajstić information content (AvgIpc) is 3.35. The molecule has 3 aliphatic rings. The van der Waals surface area contributed by atoms with Gasteiger partial charge in [0, 0.05) is 0 Å². The van der Waals surface area contributed by atoms with Gasteiger partial charge in [-0.1, -0.05) is 24.3 Å². The maximum Gasteiger partial charge on any atom is 0.331 e. The number of hydrazone groups is 1. The van der Waals surface area contributed by atoms with Gasteiger partial charge in [0.15, 0.2) is 11.5 Å². The molecule has 33 heavy (non-hydrogen) atoms. The van der Waals surface area contributed by atoms with Crippen LogP contribution in [0.25, 0.3) is 0 Å². The summed E-state index contributed by atoms with van der Waals surface area (Å²) >= 11 is 0. The predicted molar refractivity (Wildman–Crippen MR) is 114 cm³/mol. The maximum atomic E-state index is 13.6. The lowest BCUT2D eigenvalue weighted by atomic mass is 9.65. The molecule has 2 aromatic rings. The lowest BCUT2D eigenvalue weighted by Gasteiger charge is -2.40. The molecule has 1 spiro atoms. The molecular formula is C23H22N4O6. The monoisotopic (exact) mass is 450 g/mol. The van der Waals surface area contributed by atoms with Gasteiger partial charge in [0.2, 0.25) is 11.8 Å². The Morgan fingerprint density at radius 3 is 2.42 bits per heavy atom. The van der Waals surface area contributed by atoms with E-state index in [0.717, 1.165) is 0 Å². The van der Waals surface area contributed by atoms with Crippen LogP contribution in [0.5, 0.6) is 0 Å². The van der Waals surface area contributed by atoms with E-state index in [4.69, 9.17) is 9.15 Å². The Balaban J connectivity index is 1.79. The Bertz CT molecular complexity index is 1180. The molecule has 0 unspecified atom stereocenters. The van der Waals surface area contributed by atoms with Crippen molar-refractivity contribution in [1.82, 2.24) is 15.6 Å². The molecule has 2 fully saturated rings. The van der Waals surface area contributed by atoms with Crippen LogP contribution in [0.3, 0.4) is 0 Å². The van der Waals surface area contributed by atoms with Gasteiger partial charge in [-0.3, -0.25) is 25.2 Å². The van der Waals surface area contributed by atoms with E-state index in [9.17, 15) is 19.2 Å². The zero-order chi connectivity index (χ0) is 23.5. The van der Waals surface area contributed by atoms with Crippen LogP contribution in [-0.2, 0) is 19.1 Å². The number of nitrogens with zero attached hydrogens (tertiary/aromatic N) is 2. The minimum Gasteiger partial charge on any atom is -0.469 e. The normalized spacial score (nSPS) is 25.4. The molecule has 3 aliphatic heterocycles. The highest BCUT2D eigenvalue weighted by Crippen LogP contribution is 2.60. The van der Waals surface area contributed by atoms with Crippen molar-refractivity contribution >= 4 is 30.0 Å². The number of furan rings is 1. The summed E-state index contributed by atoms with van der Waals surface area (Å²) < 4.78 is 11.3. The van der Waals surface area contributed by atoms with Crippen LogP contribution < -0.4 is 10.6 Å². The standard InChI is InChI=1S/C23H22N4O6/c1-22(2,3)33-18(28)16-15(14-9-6-10-32-14)23(19(29)25-21(31)26-20(23)30)17-13-8-5-4-7-12(13)11-24-27(16)17/h4-11,15-17H,1-3H3,(H2,25,26,29,30,31)/t15-,16+,17+/m0/s1. The summed E-state index contributed by atoms with van der Waals surface area (Å²) in [5.74, 6) is -3.22. The topological polar surface area (TPSA) is 130 Å². The third-order valence-corrected chi connectivity index (χ3v) is 6.11. The number of fused-ring (bicyclic) bond motifs is 4. The van der Waals surface area contributed by atoms with Crippen molar-refractivity contribution in [2.75, 3.05) is 0 Å². The number of imide groups is 2. The first kappa shape index (κ1) is 20.9. The Hall–Kier alpha value is -3.95. The van der Waals surface area contributed by atoms with E-state index >= 15 is 0 Å². The number of esters is 1. The molecule has 4 amide bonds. The molecule has 10 heteroatoms. The fraction of sp³-hybridized carbons (Fsp3) is 0.348. The van der Waals surface area contributed by atoms with Gasteiger partial charge in [-0.2, -0.15) is 5.10 Å². The molecule has 2 N–H and O–H groups in total. The maximum absolute atomic E-state index is 13.6. The number of ether oxygens (including phenoxy) is 1. The molecular weight excluding hydrogens is 428 g/mol. The van der Waals surface area contributed by atoms with E-state index in [1.54, 1.807) is 57.3 Å². The number of urea groups is 1. The second-order valence-corrected chi connectivity index (χ2v) is 9.23. The summed E-state index contributed by atoms with van der Waals surface area (Å²) in [7, 11) is 0. The fourth-order valence-electron chi connectivity index (χ4n) is 5.01. The summed E-state index contributed by atoms with van der Waals surface area (Å²) in [4.78, 5) is 52.7. The van der Waals surface area contributed by atoms with E-state index in [0.29, 0.717) is 11.1 Å². The molecule has 0 aliphatic carbocycles. The highest BCUT2D eigenvalue weighted by molar-refractivity contribution is 6.21. The highest BCUT2D eigenvalue weighted by Gasteiger charge is 2.73. The third-order valence-electron chi connectivity index (χ3n) is 6.11. The zero-order valence-corrected chi connectivity index (χ0v) is 18.2. The van der Waals surface area contributed by atoms with Crippen LogP contribution >= 0.6 is 0 Å². The molecule has 0 radical (unpaired) electrons. The molecule has 5 rings (SSSR count). The molecule has 0 saturated carbocycles. The van der Waals surface area contributed by atoms with Crippen molar-refractivity contribution in [3.63, 3.8) is 0 Å². The second kappa shape index (κ2) is 7.03. The summed E-state index contributed by atoms with van der Waals surface area (Å²) in [5, 5.41) is 10.4. The highest BCUT2D eigenvalue weighted by atomic mass is 16.6. The van der Waals surface area contributed by atoms with Gasteiger partial charge in [-0.15, -0.1) is 0 Å². The first-order valence-electron chi connectivity index (χ1n) is 10.5. The van der Waals surface area contributed by atoms with Gasteiger partial charge in [-0.25, -0.2) is 9.59 Å². The quantitative estimate of drug-likeness (QED) is 0.527. The molecule has 2 saturated heterocycles. The Morgan fingerprint density at radius 1 is 1.09 bits per heavy atom. The molecule has 10 nitrogen and oxygen atoms in total. The van der Waals surface area contributed by atoms with Crippen LogP contribution in [-0.4, -0.2) is 46.7 Å². The van der Waals surface area contributed by atoms with Gasteiger partial charge < -0.3 is 9.15 Å². The summed E-state index contributed by atoms with van der Waals surface area (Å²) in [6.07, 6.45) is 2.97. The number of barbiturate groups is 1. The number of benzene rings is 1. The van der Waals surface area contributed by atoms with Crippen LogP contribution in [0.2, 0.25) is 0 Å². The number of carbonyl (C=O) groups excluding carboxylic acids is 4. The number of rotatable bonds is 2. The SMILES string of the molecule is CC(C)(C)OC(=O)[C@H]1[C@H](c2ccco2)C2(C(=O)NC(=O)NC2=O)[C@H]2c3ccccc3C=NN12. The average molecular weight is 450 g/mol. The predicted octanol–water partition coefficient (Wildman–Crippen LogP) is 1.83. The van der Waals surface area contributed by atoms with Crippen LogP contribution in [0.15, 0.2) is 52.2 Å². The van der Waals surface area contributed by atoms with Crippen LogP contribution in [0.1, 0.15) is 49.6 Å². The summed E-state index contributed by atoms with van der Waals surface area (Å²) in [6.45, 7) is 5.17. The van der Waals surface area contributed by atoms with Crippen LogP contribution in [0, 0.1) is 5.41 Å². The van der Waals surface area contributed by atoms with Crippen molar-refractivity contribution in [3.05, 3.63) is 59.5 Å². The second-order valence-electron chi connectivity index (χ2n) is 9.23. The molecule has 3 atom stereocenters. The number of nitrogens with one attached hydrogen (secondary N) is 2. The van der Waals surface area contributed by atoms with E-state index in [-0.39, 0.29) is 5.76 Å². The van der Waals surface area contributed by atoms with Crippen molar-refractivity contribution in [1.29, 1.82) is 0 Å². The largest absolute Gasteiger partial charge is 0.469 e. The molecule has 170 valence electrons. The van der Waals surface area contributed by atoms with Crippen molar-refractivity contribution in [3.8, 4) is 0 Å². The van der Waals surface area contributed by atoms with Gasteiger partial charge in [0.25, 0.3) is 0 Å². The molecule has 0 bridgehead atoms. The first-order valence-corrected chi connectivity index (χ1v) is 10.5. The van der Waals surface area contributed by atoms with E-state index in [2.05, 4.69) is 15.7 Å². The van der Waals surface area contributed by atoms with E-state index < -0.39 is 52.8 Å². The van der Waals surface area contributed by atoms with Crippen molar-refractivity contribution < 1.29 is 28.3 Å². The lowest BCUT2D eigenvalue weighted by Crippen LogP contribution is -2.65. The Kier molecular flexibility index (Phi) is 4.45. The smallest absolute Gasteiger partial charge is 0.331 e. The van der Waals surface area contributed by atoms with Crippen LogP contribution in [0.4, 0.5) is 4.79 Å². The minimum atomic E-state index is -1.93. The van der Waals surface area contributed by atoms with Gasteiger partial charge in [0.1, 0.15) is 11.4 Å². The number of hydrogen-bond donors (Lipinski definition) is 2. The summed E-state index contributed by atoms with van der Waals surface area (Å²) in [5.41, 5.74) is -1.45. The van der Waals surface area contributed by atoms with E-state index in [1.807, 2.05) is 6.07 Å². The number of carbonyl (C=O) groups is 4. The Morgan fingerprint density at radius 2 is 1.79 bits per heavy atom. The molecule has 1 aromatic heterocycles. The molecule has 4 heterocycles. The van der Waals surface area contributed by atoms with Crippen molar-refractivity contribution in [2.45, 2.75) is 44.4 Å². The number of hydrogen-bond acceptors (Lipinski definition) is 8. The first-order chi connectivity index (χ1) is 15.6. The summed E-state index contributed by atoms with van der Waals surface area (Å²) in [6, 6.07) is 7.27. The minimum absolute atomic E-state index is 0.229. The van der Waals surface area contributed by atoms with E-state index in [1.165, 1.54) is 11.3 Å². The fourth-order valence-corrected chi connectivity index (χ4v) is 5.01. The third kappa shape index (κ3) is 2.97. The number of amides is 4.